The maximum Gasteiger partial charge on any atom is 0.0402 e. The van der Waals surface area contributed by atoms with Crippen LogP contribution < -0.4 is 0 Å². The summed E-state index contributed by atoms with van der Waals surface area (Å²) in [5.74, 6) is 0. The Morgan fingerprint density at radius 1 is 0.350 bits per heavy atom. The molecule has 0 saturated heterocycles. The molecule has 0 amide bonds. The molecule has 0 aliphatic rings. The Bertz CT molecular complexity index is 41.4. The minimum Gasteiger partial charge on any atom is -0.397 e. The molecule has 0 aromatic rings. The average Bonchev–Trinajstić information content (AvgIpc) is 2.23. The molecule has 130 valence electrons. The van der Waals surface area contributed by atoms with Crippen LogP contribution in [0.15, 0.2) is 0 Å². The average molecular weight is 638 g/mol. The van der Waals surface area contributed by atoms with Gasteiger partial charge in [0.2, 0.25) is 0 Å². The van der Waals surface area contributed by atoms with Crippen molar-refractivity contribution in [3.8, 4) is 0 Å². The monoisotopic (exact) mass is 638 g/mol. The molecule has 0 aliphatic carbocycles. The maximum absolute atomic E-state index is 7.57. The SMILES string of the molecule is CCO.CCO.CCO.CCO.CCO.CCO.[Ta].[Ta]. The van der Waals surface area contributed by atoms with E-state index in [4.69, 9.17) is 30.6 Å². The summed E-state index contributed by atoms with van der Waals surface area (Å²) in [6.07, 6.45) is 0. The van der Waals surface area contributed by atoms with E-state index in [-0.39, 0.29) is 84.4 Å². The molecule has 0 rings (SSSR count). The fourth-order valence-electron chi connectivity index (χ4n) is 0. The summed E-state index contributed by atoms with van der Waals surface area (Å²) < 4.78 is 0. The first-order chi connectivity index (χ1) is 8.49. The van der Waals surface area contributed by atoms with Gasteiger partial charge in [0.1, 0.15) is 0 Å². The number of hydrogen-bond acceptors (Lipinski definition) is 6. The van der Waals surface area contributed by atoms with Gasteiger partial charge in [-0.25, -0.2) is 0 Å². The minimum absolute atomic E-state index is 0. The van der Waals surface area contributed by atoms with E-state index in [1.807, 2.05) is 0 Å². The first-order valence-electron chi connectivity index (χ1n) is 6.14. The summed E-state index contributed by atoms with van der Waals surface area (Å²) in [6, 6.07) is 0. The molecule has 0 aromatic heterocycles. The Hall–Kier alpha value is 1.24. The van der Waals surface area contributed by atoms with Crippen molar-refractivity contribution in [1.82, 2.24) is 0 Å². The van der Waals surface area contributed by atoms with E-state index in [1.54, 1.807) is 41.5 Å². The van der Waals surface area contributed by atoms with Crippen LogP contribution in [0.2, 0.25) is 0 Å². The Morgan fingerprint density at radius 2 is 0.350 bits per heavy atom. The molecule has 20 heavy (non-hydrogen) atoms. The fraction of sp³-hybridized carbons (Fsp3) is 1.00. The standard InChI is InChI=1S/6C2H6O.2Ta/c6*1-2-3;;/h6*3H,2H2,1H3;;. The Morgan fingerprint density at radius 3 is 0.350 bits per heavy atom. The van der Waals surface area contributed by atoms with Crippen molar-refractivity contribution in [3.63, 3.8) is 0 Å². The zero-order valence-corrected chi connectivity index (χ0v) is 20.2. The van der Waals surface area contributed by atoms with Gasteiger partial charge in [0.05, 0.1) is 0 Å². The van der Waals surface area contributed by atoms with Gasteiger partial charge in [-0.05, 0) is 41.5 Å². The first-order valence-corrected chi connectivity index (χ1v) is 6.14. The Labute approximate surface area is 156 Å². The molecule has 2 radical (unpaired) electrons. The van der Waals surface area contributed by atoms with Crippen LogP contribution in [0.5, 0.6) is 0 Å². The fourth-order valence-corrected chi connectivity index (χ4v) is 0. The van der Waals surface area contributed by atoms with Crippen LogP contribution in [-0.4, -0.2) is 70.3 Å². The van der Waals surface area contributed by atoms with Crippen molar-refractivity contribution in [2.24, 2.45) is 0 Å². The van der Waals surface area contributed by atoms with Crippen molar-refractivity contribution in [1.29, 1.82) is 0 Å². The maximum atomic E-state index is 7.57. The largest absolute Gasteiger partial charge is 0.397 e. The van der Waals surface area contributed by atoms with Crippen LogP contribution in [-0.2, 0) is 44.8 Å². The third kappa shape index (κ3) is 4160. The summed E-state index contributed by atoms with van der Waals surface area (Å²) in [5, 5.41) is 45.4. The van der Waals surface area contributed by atoms with E-state index in [1.165, 1.54) is 0 Å². The minimum atomic E-state index is 0. The number of rotatable bonds is 0. The smallest absolute Gasteiger partial charge is 0.0402 e. The molecular formula is C12H36O6Ta2. The van der Waals surface area contributed by atoms with E-state index in [0.717, 1.165) is 0 Å². The van der Waals surface area contributed by atoms with Gasteiger partial charge in [0, 0.05) is 84.4 Å². The van der Waals surface area contributed by atoms with Gasteiger partial charge in [0.15, 0.2) is 0 Å². The molecule has 0 unspecified atom stereocenters. The molecule has 0 aromatic carbocycles. The van der Waals surface area contributed by atoms with Gasteiger partial charge in [0.25, 0.3) is 0 Å². The van der Waals surface area contributed by atoms with Gasteiger partial charge in [-0.2, -0.15) is 0 Å². The van der Waals surface area contributed by atoms with Crippen LogP contribution in [0.3, 0.4) is 0 Å². The summed E-state index contributed by atoms with van der Waals surface area (Å²) in [7, 11) is 0. The van der Waals surface area contributed by atoms with Gasteiger partial charge in [-0.15, -0.1) is 0 Å². The van der Waals surface area contributed by atoms with Gasteiger partial charge < -0.3 is 30.6 Å². The molecule has 0 aliphatic heterocycles. The Balaban J connectivity index is -0.0000000141. The van der Waals surface area contributed by atoms with Crippen LogP contribution in [0.1, 0.15) is 41.5 Å². The number of aliphatic hydroxyl groups is 6. The van der Waals surface area contributed by atoms with E-state index < -0.39 is 0 Å². The molecule has 6 nitrogen and oxygen atoms in total. The molecule has 6 N–H and O–H groups in total. The molecular weight excluding hydrogens is 602 g/mol. The summed E-state index contributed by atoms with van der Waals surface area (Å²) in [5.41, 5.74) is 0. The zero-order chi connectivity index (χ0) is 16.2. The third-order valence-electron chi connectivity index (χ3n) is 0. The molecule has 0 fully saturated rings. The van der Waals surface area contributed by atoms with E-state index in [0.29, 0.717) is 0 Å². The Kier molecular flexibility index (Phi) is 355. The van der Waals surface area contributed by atoms with E-state index in [2.05, 4.69) is 0 Å². The second kappa shape index (κ2) is 143. The second-order valence-electron chi connectivity index (χ2n) is 1.90. The molecule has 0 atom stereocenters. The van der Waals surface area contributed by atoms with Gasteiger partial charge in [-0.1, -0.05) is 0 Å². The quantitative estimate of drug-likeness (QED) is 0.222. The second-order valence-corrected chi connectivity index (χ2v) is 1.90. The van der Waals surface area contributed by atoms with Gasteiger partial charge in [-0.3, -0.25) is 0 Å². The third-order valence-corrected chi connectivity index (χ3v) is 0. The van der Waals surface area contributed by atoms with Crippen molar-refractivity contribution in [3.05, 3.63) is 0 Å². The van der Waals surface area contributed by atoms with Crippen LogP contribution in [0.25, 0.3) is 0 Å². The normalized spacial score (nSPS) is 5.40. The van der Waals surface area contributed by atoms with Crippen molar-refractivity contribution >= 4 is 0 Å². The first kappa shape index (κ1) is 49.6. The van der Waals surface area contributed by atoms with E-state index >= 15 is 0 Å². The molecule has 8 heteroatoms. The van der Waals surface area contributed by atoms with Crippen LogP contribution in [0.4, 0.5) is 0 Å². The van der Waals surface area contributed by atoms with Crippen LogP contribution >= 0.6 is 0 Å². The summed E-state index contributed by atoms with van der Waals surface area (Å²) >= 11 is 0. The van der Waals surface area contributed by atoms with Crippen molar-refractivity contribution in [2.45, 2.75) is 41.5 Å². The zero-order valence-electron chi connectivity index (χ0n) is 13.8. The molecule has 0 bridgehead atoms. The topological polar surface area (TPSA) is 121 Å². The van der Waals surface area contributed by atoms with Crippen molar-refractivity contribution < 1.29 is 75.4 Å². The predicted octanol–water partition coefficient (Wildman–Crippen LogP) is -0.0134. The van der Waals surface area contributed by atoms with Crippen LogP contribution in [0, 0.1) is 0 Å². The number of aliphatic hydroxyl groups excluding tert-OH is 6. The van der Waals surface area contributed by atoms with Crippen molar-refractivity contribution in [2.75, 3.05) is 39.6 Å². The molecule has 0 heterocycles. The molecule has 0 spiro atoms. The molecule has 0 saturated carbocycles. The summed E-state index contributed by atoms with van der Waals surface area (Å²) in [4.78, 5) is 0. The summed E-state index contributed by atoms with van der Waals surface area (Å²) in [6.45, 7) is 11.6. The van der Waals surface area contributed by atoms with E-state index in [9.17, 15) is 0 Å². The predicted molar refractivity (Wildman–Crippen MR) is 76.6 cm³/mol. The number of hydrogen-bond donors (Lipinski definition) is 6. The van der Waals surface area contributed by atoms with Gasteiger partial charge >= 0.3 is 0 Å².